The molecule has 1 atom stereocenters. The van der Waals surface area contributed by atoms with Crippen LogP contribution in [0.15, 0.2) is 10.9 Å². The van der Waals surface area contributed by atoms with E-state index in [9.17, 15) is 4.79 Å². The van der Waals surface area contributed by atoms with Crippen LogP contribution in [0.1, 0.15) is 31.4 Å². The van der Waals surface area contributed by atoms with Gasteiger partial charge in [0.1, 0.15) is 5.82 Å². The van der Waals surface area contributed by atoms with Crippen LogP contribution in [0.5, 0.6) is 0 Å². The summed E-state index contributed by atoms with van der Waals surface area (Å²) in [4.78, 5) is 17.9. The average Bonchev–Trinajstić information content (AvgIpc) is 2.01. The Labute approximate surface area is 77.2 Å². The van der Waals surface area contributed by atoms with Crippen molar-refractivity contribution >= 4 is 0 Å². The van der Waals surface area contributed by atoms with Crippen molar-refractivity contribution < 1.29 is 0 Å². The lowest BCUT2D eigenvalue weighted by atomic mass is 10.1. The van der Waals surface area contributed by atoms with Crippen molar-refractivity contribution in [2.24, 2.45) is 11.7 Å². The van der Waals surface area contributed by atoms with E-state index >= 15 is 0 Å². The summed E-state index contributed by atoms with van der Waals surface area (Å²) < 4.78 is 0. The molecule has 1 aromatic rings. The van der Waals surface area contributed by atoms with Crippen molar-refractivity contribution in [3.05, 3.63) is 27.9 Å². The van der Waals surface area contributed by atoms with Gasteiger partial charge in [0.15, 0.2) is 0 Å². The minimum absolute atomic E-state index is 0.140. The molecule has 1 heterocycles. The first-order valence-electron chi connectivity index (χ1n) is 4.34. The van der Waals surface area contributed by atoms with Gasteiger partial charge < -0.3 is 10.7 Å². The molecule has 4 heteroatoms. The molecule has 0 saturated carbocycles. The lowest BCUT2D eigenvalue weighted by Gasteiger charge is -2.14. The van der Waals surface area contributed by atoms with Crippen LogP contribution in [0.4, 0.5) is 0 Å². The zero-order valence-corrected chi connectivity index (χ0v) is 8.16. The molecule has 72 valence electrons. The molecule has 1 unspecified atom stereocenters. The Hall–Kier alpha value is -1.16. The minimum atomic E-state index is -0.201. The second-order valence-corrected chi connectivity index (χ2v) is 3.54. The van der Waals surface area contributed by atoms with Crippen molar-refractivity contribution in [2.45, 2.75) is 26.8 Å². The third kappa shape index (κ3) is 2.39. The molecule has 0 aliphatic heterocycles. The molecule has 0 saturated heterocycles. The van der Waals surface area contributed by atoms with E-state index in [0.717, 1.165) is 0 Å². The average molecular weight is 181 g/mol. The van der Waals surface area contributed by atoms with Gasteiger partial charge in [-0.2, -0.15) is 0 Å². The molecular weight excluding hydrogens is 166 g/mol. The molecule has 0 aliphatic rings. The van der Waals surface area contributed by atoms with Gasteiger partial charge in [0, 0.05) is 11.8 Å². The van der Waals surface area contributed by atoms with E-state index in [1.807, 2.05) is 13.8 Å². The Morgan fingerprint density at radius 1 is 1.54 bits per heavy atom. The molecule has 0 spiro atoms. The van der Waals surface area contributed by atoms with Crippen molar-refractivity contribution in [3.8, 4) is 0 Å². The maximum Gasteiger partial charge on any atom is 0.251 e. The summed E-state index contributed by atoms with van der Waals surface area (Å²) in [5.41, 5.74) is 6.41. The number of aromatic amines is 1. The van der Waals surface area contributed by atoms with Crippen molar-refractivity contribution in [2.75, 3.05) is 0 Å². The maximum absolute atomic E-state index is 11.1. The maximum atomic E-state index is 11.1. The Kier molecular flexibility index (Phi) is 2.83. The zero-order valence-electron chi connectivity index (χ0n) is 8.16. The molecule has 0 aliphatic carbocycles. The summed E-state index contributed by atoms with van der Waals surface area (Å²) in [6, 6.07) is 1.25. The first kappa shape index (κ1) is 9.92. The fourth-order valence-corrected chi connectivity index (χ4v) is 1.08. The number of nitrogens with two attached hydrogens (primary N) is 1. The summed E-state index contributed by atoms with van der Waals surface area (Å²) in [6.07, 6.45) is 0. The summed E-state index contributed by atoms with van der Waals surface area (Å²) in [6.45, 7) is 5.77. The van der Waals surface area contributed by atoms with E-state index in [1.165, 1.54) is 6.07 Å². The Morgan fingerprint density at radius 2 is 2.15 bits per heavy atom. The van der Waals surface area contributed by atoms with Gasteiger partial charge in [-0.15, -0.1) is 0 Å². The monoisotopic (exact) mass is 181 g/mol. The highest BCUT2D eigenvalue weighted by Crippen LogP contribution is 2.13. The largest absolute Gasteiger partial charge is 0.321 e. The fourth-order valence-electron chi connectivity index (χ4n) is 1.08. The molecule has 0 amide bonds. The molecule has 0 fully saturated rings. The molecule has 13 heavy (non-hydrogen) atoms. The van der Waals surface area contributed by atoms with Gasteiger partial charge in [0.05, 0.1) is 6.04 Å². The van der Waals surface area contributed by atoms with Gasteiger partial charge >= 0.3 is 0 Å². The quantitative estimate of drug-likeness (QED) is 0.706. The van der Waals surface area contributed by atoms with Crippen LogP contribution in [0.2, 0.25) is 0 Å². The van der Waals surface area contributed by atoms with E-state index in [1.54, 1.807) is 6.92 Å². The molecule has 4 nitrogen and oxygen atoms in total. The number of rotatable bonds is 2. The van der Waals surface area contributed by atoms with Crippen molar-refractivity contribution in [3.63, 3.8) is 0 Å². The standard InChI is InChI=1S/C9H15N3O/c1-5(2)8(10)9-11-6(3)4-7(13)12-9/h4-5,8H,10H2,1-3H3,(H,11,12,13). The summed E-state index contributed by atoms with van der Waals surface area (Å²) in [5, 5.41) is 0. The molecule has 0 radical (unpaired) electrons. The van der Waals surface area contributed by atoms with Crippen LogP contribution >= 0.6 is 0 Å². The zero-order chi connectivity index (χ0) is 10.0. The molecule has 3 N–H and O–H groups in total. The summed E-state index contributed by atoms with van der Waals surface area (Å²) in [5.74, 6) is 0.838. The first-order valence-corrected chi connectivity index (χ1v) is 4.34. The van der Waals surface area contributed by atoms with Crippen LogP contribution in [-0.2, 0) is 0 Å². The van der Waals surface area contributed by atoms with Gasteiger partial charge in [-0.3, -0.25) is 4.79 Å². The third-order valence-corrected chi connectivity index (χ3v) is 1.92. The lowest BCUT2D eigenvalue weighted by molar-refractivity contribution is 0.487. The minimum Gasteiger partial charge on any atom is -0.321 e. The Bertz CT molecular complexity index is 343. The second kappa shape index (κ2) is 3.70. The first-order chi connectivity index (χ1) is 6.00. The third-order valence-electron chi connectivity index (χ3n) is 1.92. The number of nitrogens with zero attached hydrogens (tertiary/aromatic N) is 1. The highest BCUT2D eigenvalue weighted by atomic mass is 16.1. The molecular formula is C9H15N3O. The van der Waals surface area contributed by atoms with E-state index in [-0.39, 0.29) is 17.5 Å². The van der Waals surface area contributed by atoms with Crippen molar-refractivity contribution in [1.29, 1.82) is 0 Å². The van der Waals surface area contributed by atoms with Gasteiger partial charge in [-0.05, 0) is 12.8 Å². The summed E-state index contributed by atoms with van der Waals surface area (Å²) in [7, 11) is 0. The van der Waals surface area contributed by atoms with Crippen LogP contribution in [0.25, 0.3) is 0 Å². The molecule has 1 rings (SSSR count). The summed E-state index contributed by atoms with van der Waals surface area (Å²) >= 11 is 0. The van der Waals surface area contributed by atoms with Crippen LogP contribution in [0, 0.1) is 12.8 Å². The number of H-pyrrole nitrogens is 1. The van der Waals surface area contributed by atoms with E-state index < -0.39 is 0 Å². The predicted molar refractivity (Wildman–Crippen MR) is 51.4 cm³/mol. The normalized spacial score (nSPS) is 13.3. The van der Waals surface area contributed by atoms with E-state index in [0.29, 0.717) is 11.5 Å². The molecule has 1 aromatic heterocycles. The van der Waals surface area contributed by atoms with E-state index in [2.05, 4.69) is 9.97 Å². The highest BCUT2D eigenvalue weighted by molar-refractivity contribution is 5.03. The number of hydrogen-bond acceptors (Lipinski definition) is 3. The fraction of sp³-hybridized carbons (Fsp3) is 0.556. The van der Waals surface area contributed by atoms with Gasteiger partial charge in [-0.1, -0.05) is 13.8 Å². The van der Waals surface area contributed by atoms with Crippen LogP contribution < -0.4 is 11.3 Å². The smallest absolute Gasteiger partial charge is 0.251 e. The lowest BCUT2D eigenvalue weighted by Crippen LogP contribution is -2.23. The highest BCUT2D eigenvalue weighted by Gasteiger charge is 2.12. The van der Waals surface area contributed by atoms with E-state index in [4.69, 9.17) is 5.73 Å². The molecule has 0 aromatic carbocycles. The predicted octanol–water partition coefficient (Wildman–Crippen LogP) is 0.734. The van der Waals surface area contributed by atoms with Gasteiger partial charge in [0.25, 0.3) is 5.56 Å². The van der Waals surface area contributed by atoms with Crippen LogP contribution in [0.3, 0.4) is 0 Å². The Balaban J connectivity index is 3.08. The van der Waals surface area contributed by atoms with Gasteiger partial charge in [-0.25, -0.2) is 4.98 Å². The van der Waals surface area contributed by atoms with Crippen LogP contribution in [-0.4, -0.2) is 9.97 Å². The van der Waals surface area contributed by atoms with Gasteiger partial charge in [0.2, 0.25) is 0 Å². The number of aromatic nitrogens is 2. The number of aryl methyl sites for hydroxylation is 1. The number of hydrogen-bond donors (Lipinski definition) is 2. The Morgan fingerprint density at radius 3 is 2.62 bits per heavy atom. The SMILES string of the molecule is Cc1cc(=O)[nH]c(C(N)C(C)C)n1. The van der Waals surface area contributed by atoms with Crippen molar-refractivity contribution in [1.82, 2.24) is 9.97 Å². The number of nitrogens with one attached hydrogen (secondary N) is 1. The second-order valence-electron chi connectivity index (χ2n) is 3.54. The topological polar surface area (TPSA) is 71.8 Å². The molecule has 0 bridgehead atoms.